The molecule has 1 aromatic carbocycles. The third-order valence-corrected chi connectivity index (χ3v) is 3.93. The number of amides is 1. The van der Waals surface area contributed by atoms with Gasteiger partial charge in [0, 0.05) is 26.3 Å². The van der Waals surface area contributed by atoms with Crippen molar-refractivity contribution in [3.63, 3.8) is 0 Å². The molecule has 0 unspecified atom stereocenters. The molecule has 122 valence electrons. The van der Waals surface area contributed by atoms with Crippen LogP contribution in [0.15, 0.2) is 42.6 Å². The standard InChI is InChI=1S/C19H25N3O/c1-4-5-12-22(3)19(23)17-10-11-18(21-14-17)20-13-16-9-7-6-8-15(16)2/h6-11,14H,4-5,12-13H2,1-3H3,(H,20,21). The van der Waals surface area contributed by atoms with E-state index in [1.54, 1.807) is 11.1 Å². The Morgan fingerprint density at radius 3 is 2.65 bits per heavy atom. The second-order valence-electron chi connectivity index (χ2n) is 5.79. The Hall–Kier alpha value is -2.36. The highest BCUT2D eigenvalue weighted by Gasteiger charge is 2.11. The van der Waals surface area contributed by atoms with E-state index in [0.717, 1.165) is 31.7 Å². The lowest BCUT2D eigenvalue weighted by Gasteiger charge is -2.16. The fourth-order valence-corrected chi connectivity index (χ4v) is 2.34. The number of unbranched alkanes of at least 4 members (excludes halogenated alkanes) is 1. The first-order valence-corrected chi connectivity index (χ1v) is 8.11. The van der Waals surface area contributed by atoms with E-state index in [2.05, 4.69) is 36.3 Å². The van der Waals surface area contributed by atoms with Crippen LogP contribution < -0.4 is 5.32 Å². The number of carbonyl (C=O) groups is 1. The maximum Gasteiger partial charge on any atom is 0.255 e. The summed E-state index contributed by atoms with van der Waals surface area (Å²) in [4.78, 5) is 18.4. The van der Waals surface area contributed by atoms with Crippen molar-refractivity contribution >= 4 is 11.7 Å². The molecule has 0 fully saturated rings. The zero-order valence-electron chi connectivity index (χ0n) is 14.2. The summed E-state index contributed by atoms with van der Waals surface area (Å²) in [5.74, 6) is 0.803. The van der Waals surface area contributed by atoms with Crippen LogP contribution in [0.1, 0.15) is 41.3 Å². The Morgan fingerprint density at radius 1 is 1.22 bits per heavy atom. The maximum absolute atomic E-state index is 12.3. The Kier molecular flexibility index (Phi) is 6.15. The summed E-state index contributed by atoms with van der Waals surface area (Å²) in [5.41, 5.74) is 3.13. The molecule has 4 nitrogen and oxygen atoms in total. The highest BCUT2D eigenvalue weighted by Crippen LogP contribution is 2.12. The van der Waals surface area contributed by atoms with E-state index in [1.165, 1.54) is 11.1 Å². The summed E-state index contributed by atoms with van der Waals surface area (Å²) in [7, 11) is 1.84. The van der Waals surface area contributed by atoms with Crippen LogP contribution in [0.2, 0.25) is 0 Å². The molecule has 0 aliphatic rings. The molecule has 1 amide bonds. The molecular weight excluding hydrogens is 286 g/mol. The monoisotopic (exact) mass is 311 g/mol. The highest BCUT2D eigenvalue weighted by molar-refractivity contribution is 5.93. The molecular formula is C19H25N3O. The Morgan fingerprint density at radius 2 is 2.00 bits per heavy atom. The van der Waals surface area contributed by atoms with E-state index < -0.39 is 0 Å². The number of hydrogen-bond acceptors (Lipinski definition) is 3. The molecule has 0 bridgehead atoms. The number of aromatic nitrogens is 1. The number of pyridine rings is 1. The number of anilines is 1. The lowest BCUT2D eigenvalue weighted by Crippen LogP contribution is -2.27. The smallest absolute Gasteiger partial charge is 0.255 e. The number of rotatable bonds is 7. The average Bonchev–Trinajstić information content (AvgIpc) is 2.59. The third-order valence-electron chi connectivity index (χ3n) is 3.93. The van der Waals surface area contributed by atoms with Gasteiger partial charge in [-0.25, -0.2) is 4.98 Å². The zero-order chi connectivity index (χ0) is 16.7. The van der Waals surface area contributed by atoms with Crippen molar-refractivity contribution < 1.29 is 4.79 Å². The van der Waals surface area contributed by atoms with Crippen LogP contribution in [0.25, 0.3) is 0 Å². The maximum atomic E-state index is 12.3. The third kappa shape index (κ3) is 4.81. The van der Waals surface area contributed by atoms with Crippen LogP contribution in [0.3, 0.4) is 0 Å². The van der Waals surface area contributed by atoms with Gasteiger partial charge in [-0.3, -0.25) is 4.79 Å². The molecule has 1 N–H and O–H groups in total. The molecule has 2 rings (SSSR count). The van der Waals surface area contributed by atoms with Crippen molar-refractivity contribution in [2.24, 2.45) is 0 Å². The fraction of sp³-hybridized carbons (Fsp3) is 0.368. The first-order chi connectivity index (χ1) is 11.1. The minimum atomic E-state index is 0.0244. The van der Waals surface area contributed by atoms with Crippen LogP contribution in [0, 0.1) is 6.92 Å². The van der Waals surface area contributed by atoms with Gasteiger partial charge in [0.2, 0.25) is 0 Å². The van der Waals surface area contributed by atoms with Gasteiger partial charge in [-0.2, -0.15) is 0 Å². The van der Waals surface area contributed by atoms with E-state index in [9.17, 15) is 4.79 Å². The first-order valence-electron chi connectivity index (χ1n) is 8.11. The van der Waals surface area contributed by atoms with E-state index in [0.29, 0.717) is 5.56 Å². The normalized spacial score (nSPS) is 10.4. The summed E-state index contributed by atoms with van der Waals surface area (Å²) in [6.07, 6.45) is 3.74. The van der Waals surface area contributed by atoms with Gasteiger partial charge in [0.15, 0.2) is 0 Å². The summed E-state index contributed by atoms with van der Waals surface area (Å²) in [6.45, 7) is 5.72. The lowest BCUT2D eigenvalue weighted by molar-refractivity contribution is 0.0793. The quantitative estimate of drug-likeness (QED) is 0.844. The number of carbonyl (C=O) groups excluding carboxylic acids is 1. The highest BCUT2D eigenvalue weighted by atomic mass is 16.2. The summed E-state index contributed by atoms with van der Waals surface area (Å²) in [6, 6.07) is 12.0. The molecule has 23 heavy (non-hydrogen) atoms. The number of nitrogens with zero attached hydrogens (tertiary/aromatic N) is 2. The molecule has 2 aromatic rings. The largest absolute Gasteiger partial charge is 0.366 e. The van der Waals surface area contributed by atoms with Gasteiger partial charge in [0.05, 0.1) is 5.56 Å². The van der Waals surface area contributed by atoms with E-state index in [1.807, 2.05) is 31.3 Å². The molecule has 0 saturated carbocycles. The fourth-order valence-electron chi connectivity index (χ4n) is 2.34. The van der Waals surface area contributed by atoms with Gasteiger partial charge >= 0.3 is 0 Å². The van der Waals surface area contributed by atoms with Crippen LogP contribution in [-0.2, 0) is 6.54 Å². The van der Waals surface area contributed by atoms with Gasteiger partial charge in [0.1, 0.15) is 5.82 Å². The molecule has 0 aliphatic carbocycles. The van der Waals surface area contributed by atoms with E-state index >= 15 is 0 Å². The second-order valence-corrected chi connectivity index (χ2v) is 5.79. The number of nitrogens with one attached hydrogen (secondary N) is 1. The molecule has 4 heteroatoms. The molecule has 0 aliphatic heterocycles. The van der Waals surface area contributed by atoms with Crippen molar-refractivity contribution in [3.8, 4) is 0 Å². The number of benzene rings is 1. The van der Waals surface area contributed by atoms with Crippen LogP contribution >= 0.6 is 0 Å². The molecule has 0 radical (unpaired) electrons. The molecule has 0 saturated heterocycles. The van der Waals surface area contributed by atoms with E-state index in [-0.39, 0.29) is 5.91 Å². The second kappa shape index (κ2) is 8.32. The summed E-state index contributed by atoms with van der Waals surface area (Å²) < 4.78 is 0. The van der Waals surface area contributed by atoms with Gasteiger partial charge in [-0.1, -0.05) is 37.6 Å². The Balaban J connectivity index is 1.94. The van der Waals surface area contributed by atoms with Crippen molar-refractivity contribution in [1.82, 2.24) is 9.88 Å². The molecule has 0 atom stereocenters. The summed E-state index contributed by atoms with van der Waals surface area (Å²) >= 11 is 0. The Labute approximate surface area is 138 Å². The van der Waals surface area contributed by atoms with Crippen molar-refractivity contribution in [2.45, 2.75) is 33.2 Å². The lowest BCUT2D eigenvalue weighted by atomic mass is 10.1. The number of aryl methyl sites for hydroxylation is 1. The van der Waals surface area contributed by atoms with Crippen LogP contribution in [0.5, 0.6) is 0 Å². The van der Waals surface area contributed by atoms with Gasteiger partial charge in [-0.05, 0) is 36.6 Å². The van der Waals surface area contributed by atoms with Crippen molar-refractivity contribution in [3.05, 3.63) is 59.3 Å². The van der Waals surface area contributed by atoms with Crippen molar-refractivity contribution in [1.29, 1.82) is 0 Å². The van der Waals surface area contributed by atoms with Crippen LogP contribution in [-0.4, -0.2) is 29.4 Å². The average molecular weight is 311 g/mol. The summed E-state index contributed by atoms with van der Waals surface area (Å²) in [5, 5.41) is 3.30. The number of hydrogen-bond donors (Lipinski definition) is 1. The minimum absolute atomic E-state index is 0.0244. The van der Waals surface area contributed by atoms with Gasteiger partial charge < -0.3 is 10.2 Å². The Bertz CT molecular complexity index is 637. The zero-order valence-corrected chi connectivity index (χ0v) is 14.2. The van der Waals surface area contributed by atoms with Gasteiger partial charge in [0.25, 0.3) is 5.91 Å². The van der Waals surface area contributed by atoms with Gasteiger partial charge in [-0.15, -0.1) is 0 Å². The van der Waals surface area contributed by atoms with Crippen molar-refractivity contribution in [2.75, 3.05) is 18.9 Å². The topological polar surface area (TPSA) is 45.2 Å². The predicted molar refractivity (Wildman–Crippen MR) is 94.6 cm³/mol. The molecule has 1 aromatic heterocycles. The SMILES string of the molecule is CCCCN(C)C(=O)c1ccc(NCc2ccccc2C)nc1. The van der Waals surface area contributed by atoms with Crippen LogP contribution in [0.4, 0.5) is 5.82 Å². The molecule has 0 spiro atoms. The molecule has 1 heterocycles. The predicted octanol–water partition coefficient (Wildman–Crippen LogP) is 3.87. The minimum Gasteiger partial charge on any atom is -0.366 e. The first kappa shape index (κ1) is 17.0. The van der Waals surface area contributed by atoms with E-state index in [4.69, 9.17) is 0 Å².